The minimum absolute atomic E-state index is 0. The van der Waals surface area contributed by atoms with Crippen molar-refractivity contribution in [2.75, 3.05) is 0 Å². The van der Waals surface area contributed by atoms with Crippen LogP contribution in [0.2, 0.25) is 0 Å². The Morgan fingerprint density at radius 3 is 1.43 bits per heavy atom. The number of hydrogen-bond acceptors (Lipinski definition) is 0. The van der Waals surface area contributed by atoms with Gasteiger partial charge in [0.1, 0.15) is 0 Å². The van der Waals surface area contributed by atoms with E-state index in [1.54, 1.807) is 0 Å². The van der Waals surface area contributed by atoms with Crippen molar-refractivity contribution in [1.82, 2.24) is 0 Å². The van der Waals surface area contributed by atoms with E-state index in [-0.39, 0.29) is 46.5 Å². The van der Waals surface area contributed by atoms with Gasteiger partial charge >= 0.3 is 145 Å². The number of halogens is 2. The van der Waals surface area contributed by atoms with Crippen molar-refractivity contribution in [3.8, 4) is 11.1 Å². The Balaban J connectivity index is 0.000000227. The molecule has 2 aliphatic carbocycles. The van der Waals surface area contributed by atoms with Crippen molar-refractivity contribution in [3.05, 3.63) is 178 Å². The fourth-order valence-electron chi connectivity index (χ4n) is 8.00. The van der Waals surface area contributed by atoms with E-state index < -0.39 is 0 Å². The second-order valence-electron chi connectivity index (χ2n) is 19.6. The summed E-state index contributed by atoms with van der Waals surface area (Å²) in [5.74, 6) is 0. The van der Waals surface area contributed by atoms with Crippen molar-refractivity contribution < 1.29 is 49.0 Å². The maximum atomic E-state index is 3.90. The van der Waals surface area contributed by atoms with Crippen LogP contribution in [0.5, 0.6) is 0 Å². The first-order chi connectivity index (χ1) is 26.2. The van der Waals surface area contributed by atoms with Crippen LogP contribution in [0.15, 0.2) is 121 Å². The Bertz CT molecular complexity index is 2290. The summed E-state index contributed by atoms with van der Waals surface area (Å²) in [6.07, 6.45) is 11.0. The maximum absolute atomic E-state index is 3.90. The Morgan fingerprint density at radius 2 is 1.00 bits per heavy atom. The van der Waals surface area contributed by atoms with E-state index in [2.05, 4.69) is 204 Å². The van der Waals surface area contributed by atoms with Crippen LogP contribution in [0, 0.1) is 12.1 Å². The molecule has 0 saturated heterocycles. The predicted molar refractivity (Wildman–Crippen MR) is 241 cm³/mol. The molecule has 0 bridgehead atoms. The average Bonchev–Trinajstić information content (AvgIpc) is 3.84. The summed E-state index contributed by atoms with van der Waals surface area (Å²) in [5.41, 5.74) is 14.7. The second-order valence-corrected chi connectivity index (χ2v) is 20.8. The molecule has 0 unspecified atom stereocenters. The molecule has 3 heteroatoms. The van der Waals surface area contributed by atoms with Gasteiger partial charge in [0, 0.05) is 0 Å². The van der Waals surface area contributed by atoms with Crippen molar-refractivity contribution in [2.45, 2.75) is 118 Å². The first-order valence-electron chi connectivity index (χ1n) is 20.3. The monoisotopic (exact) mass is 880 g/mol. The summed E-state index contributed by atoms with van der Waals surface area (Å²) in [4.78, 5) is 0. The van der Waals surface area contributed by atoms with Gasteiger partial charge in [0.05, 0.1) is 0 Å². The van der Waals surface area contributed by atoms with Crippen LogP contribution in [-0.2, 0) is 52.3 Å². The van der Waals surface area contributed by atoms with Crippen molar-refractivity contribution >= 4 is 24.8 Å². The van der Waals surface area contributed by atoms with Gasteiger partial charge in [0.25, 0.3) is 0 Å². The summed E-state index contributed by atoms with van der Waals surface area (Å²) in [7, 11) is 0. The molecule has 0 fully saturated rings. The van der Waals surface area contributed by atoms with Crippen LogP contribution < -0.4 is 24.8 Å². The average molecular weight is 883 g/mol. The molecule has 0 heterocycles. The summed E-state index contributed by atoms with van der Waals surface area (Å²) in [6.45, 7) is 28.0. The van der Waals surface area contributed by atoms with E-state index in [4.69, 9.17) is 0 Å². The van der Waals surface area contributed by atoms with E-state index in [1.807, 2.05) is 12.2 Å². The Morgan fingerprint density at radius 1 is 0.534 bits per heavy atom. The van der Waals surface area contributed by atoms with Gasteiger partial charge in [-0.1, -0.05) is 106 Å². The molecule has 0 aliphatic heterocycles. The van der Waals surface area contributed by atoms with E-state index in [0.29, 0.717) is 0 Å². The minimum atomic E-state index is 0. The number of benzene rings is 6. The molecule has 0 radical (unpaired) electrons. The third kappa shape index (κ3) is 10.5. The van der Waals surface area contributed by atoms with E-state index in [0.717, 1.165) is 12.8 Å². The quantitative estimate of drug-likeness (QED) is 0.153. The molecule has 0 aromatic heterocycles. The number of allylic oxidation sites excluding steroid dienone is 4. The topological polar surface area (TPSA) is 0 Å². The molecular weight excluding hydrogens is 823 g/mol. The van der Waals surface area contributed by atoms with Crippen LogP contribution in [-0.4, -0.2) is 3.21 Å². The van der Waals surface area contributed by atoms with Crippen LogP contribution in [0.3, 0.4) is 0 Å². The molecule has 300 valence electrons. The van der Waals surface area contributed by atoms with Gasteiger partial charge in [-0.2, -0.15) is 23.8 Å². The third-order valence-electron chi connectivity index (χ3n) is 10.9. The van der Waals surface area contributed by atoms with Crippen LogP contribution in [0.25, 0.3) is 32.7 Å². The zero-order chi connectivity index (χ0) is 40.6. The zero-order valence-corrected chi connectivity index (χ0v) is 40.7. The summed E-state index contributed by atoms with van der Waals surface area (Å²) >= 11 is 1.44. The molecule has 6 aromatic rings. The van der Waals surface area contributed by atoms with Crippen LogP contribution in [0.1, 0.15) is 134 Å². The van der Waals surface area contributed by atoms with Gasteiger partial charge < -0.3 is 24.8 Å². The summed E-state index contributed by atoms with van der Waals surface area (Å²) < 4.78 is 1.42. The van der Waals surface area contributed by atoms with E-state index in [9.17, 15) is 0 Å². The Hall–Kier alpha value is -3.35. The third-order valence-corrected chi connectivity index (χ3v) is 12.3. The number of rotatable bonds is 2. The zero-order valence-electron chi connectivity index (χ0n) is 36.7. The molecule has 0 amide bonds. The molecular formula is C55H60Cl2Zr-2. The molecule has 0 spiro atoms. The normalized spacial score (nSPS) is 13.1. The number of hydrogen-bond donors (Lipinski definition) is 0. The summed E-state index contributed by atoms with van der Waals surface area (Å²) in [5, 5.41) is 5.29. The van der Waals surface area contributed by atoms with Crippen molar-refractivity contribution in [2.24, 2.45) is 0 Å². The van der Waals surface area contributed by atoms with Gasteiger partial charge in [-0.25, -0.2) is 12.2 Å². The standard InChI is InChI=1S/C29H41.C21H14.C5H5.2ClH.Zr/c1-26(2,3)22-14-18-13-19-15-23(27(4,5)6)25(29(10,11)12)17-21(19)20(18)16-24(22)28(7,8)9;1-3-13-20-16(7-1)9-5-11-18(20)15-19-12-6-10-17-8-2-4-14-21(17)19;1-2-4-5-3-1;;;/h14,16-17H,13H2,1-12H3;1-14H;1-3H,4H2;2*1H;/q-1;;-1;;;+2/p-2. The molecule has 0 atom stereocenters. The van der Waals surface area contributed by atoms with Crippen molar-refractivity contribution in [1.29, 1.82) is 0 Å². The van der Waals surface area contributed by atoms with Gasteiger partial charge in [-0.15, -0.1) is 23.1 Å². The molecule has 58 heavy (non-hydrogen) atoms. The van der Waals surface area contributed by atoms with E-state index in [1.165, 1.54) is 105 Å². The molecule has 6 aromatic carbocycles. The Labute approximate surface area is 377 Å². The molecule has 0 saturated carbocycles. The van der Waals surface area contributed by atoms with Crippen LogP contribution in [0.4, 0.5) is 0 Å². The van der Waals surface area contributed by atoms with Gasteiger partial charge in [-0.05, 0) is 39.4 Å². The number of fused-ring (bicyclic) bond motifs is 5. The van der Waals surface area contributed by atoms with Gasteiger partial charge in [0.15, 0.2) is 0 Å². The first kappa shape index (κ1) is 47.3. The van der Waals surface area contributed by atoms with Crippen molar-refractivity contribution in [3.63, 3.8) is 0 Å². The molecule has 8 rings (SSSR count). The molecule has 2 aliphatic rings. The SMILES string of the molecule is CC(C)(C)c1[c-]c2c(cc1C(C)(C)C)-c1cc(C(C)(C)C)c(C(C)(C)C)cc1C2.[C-]1=CC=CC1.[Cl-].[Cl-].[Zr+2]=[C](c1cccc2ccccc12)c1cccc2ccccc12. The van der Waals surface area contributed by atoms with E-state index >= 15 is 0 Å². The van der Waals surface area contributed by atoms with Gasteiger partial charge in [0.2, 0.25) is 0 Å². The predicted octanol–water partition coefficient (Wildman–Crippen LogP) is 8.67. The van der Waals surface area contributed by atoms with Gasteiger partial charge in [-0.3, -0.25) is 6.08 Å². The molecule has 0 nitrogen and oxygen atoms in total. The molecule has 0 N–H and O–H groups in total. The first-order valence-corrected chi connectivity index (χ1v) is 21.5. The fraction of sp³-hybridized carbons (Fsp3) is 0.327. The summed E-state index contributed by atoms with van der Waals surface area (Å²) in [6, 6.07) is 41.8. The van der Waals surface area contributed by atoms with Crippen LogP contribution >= 0.6 is 0 Å². The second kappa shape index (κ2) is 18.5. The fourth-order valence-corrected chi connectivity index (χ4v) is 9.07. The Kier molecular flexibility index (Phi) is 15.1.